The van der Waals surface area contributed by atoms with Crippen molar-refractivity contribution in [2.45, 2.75) is 6.42 Å². The molecule has 0 aromatic carbocycles. The van der Waals surface area contributed by atoms with E-state index in [9.17, 15) is 9.59 Å². The first-order chi connectivity index (χ1) is 8.27. The standard InChI is InChI=1S/C11H10N4O2/c16-10-8-6-1-2-7(3-6)9(8)11(17)15(10)14-4-12-13-5-14/h1-2,4-9H,3H2/t6-,7-,8+,9+/m0/s1. The molecular formula is C11H10N4O2. The Morgan fingerprint density at radius 3 is 2.06 bits per heavy atom. The molecule has 3 aliphatic rings. The summed E-state index contributed by atoms with van der Waals surface area (Å²) in [6.45, 7) is 0. The quantitative estimate of drug-likeness (QED) is 0.491. The minimum atomic E-state index is -0.167. The molecule has 0 unspecified atom stereocenters. The number of rotatable bonds is 1. The molecule has 1 aromatic heterocycles. The zero-order valence-corrected chi connectivity index (χ0v) is 8.93. The predicted octanol–water partition coefficient (Wildman–Crippen LogP) is -0.279. The maximum absolute atomic E-state index is 12.3. The van der Waals surface area contributed by atoms with E-state index in [-0.39, 0.29) is 35.5 Å². The van der Waals surface area contributed by atoms with Gasteiger partial charge in [-0.1, -0.05) is 12.2 Å². The van der Waals surface area contributed by atoms with Crippen molar-refractivity contribution in [2.75, 3.05) is 5.01 Å². The van der Waals surface area contributed by atoms with Crippen LogP contribution in [0.3, 0.4) is 0 Å². The fourth-order valence-corrected chi connectivity index (χ4v) is 3.41. The van der Waals surface area contributed by atoms with Gasteiger partial charge in [-0.25, -0.2) is 4.68 Å². The Morgan fingerprint density at radius 2 is 1.53 bits per heavy atom. The summed E-state index contributed by atoms with van der Waals surface area (Å²) in [5.41, 5.74) is 0. The van der Waals surface area contributed by atoms with Gasteiger partial charge in [0.05, 0.1) is 11.8 Å². The van der Waals surface area contributed by atoms with E-state index in [1.54, 1.807) is 0 Å². The Labute approximate surface area is 96.9 Å². The summed E-state index contributed by atoms with van der Waals surface area (Å²) in [6.07, 6.45) is 7.86. The molecule has 1 aromatic rings. The smallest absolute Gasteiger partial charge is 0.253 e. The van der Waals surface area contributed by atoms with Crippen molar-refractivity contribution in [3.05, 3.63) is 24.8 Å². The molecule has 4 rings (SSSR count). The van der Waals surface area contributed by atoms with Gasteiger partial charge in [-0.05, 0) is 18.3 Å². The maximum Gasteiger partial charge on any atom is 0.253 e. The summed E-state index contributed by atoms with van der Waals surface area (Å²) in [7, 11) is 0. The molecule has 86 valence electrons. The molecule has 2 heterocycles. The van der Waals surface area contributed by atoms with E-state index in [2.05, 4.69) is 22.3 Å². The van der Waals surface area contributed by atoms with Crippen LogP contribution in [0.5, 0.6) is 0 Å². The zero-order valence-electron chi connectivity index (χ0n) is 8.93. The largest absolute Gasteiger partial charge is 0.272 e. The number of nitrogens with zero attached hydrogens (tertiary/aromatic N) is 4. The monoisotopic (exact) mass is 230 g/mol. The summed E-state index contributed by atoms with van der Waals surface area (Å²) in [5, 5.41) is 8.45. The van der Waals surface area contributed by atoms with Crippen molar-refractivity contribution >= 4 is 11.8 Å². The molecule has 1 saturated heterocycles. The van der Waals surface area contributed by atoms with E-state index in [1.807, 2.05) is 0 Å². The van der Waals surface area contributed by atoms with Crippen molar-refractivity contribution in [1.29, 1.82) is 0 Å². The van der Waals surface area contributed by atoms with Crippen LogP contribution in [0.2, 0.25) is 0 Å². The topological polar surface area (TPSA) is 68.1 Å². The number of carbonyl (C=O) groups excluding carboxylic acids is 2. The van der Waals surface area contributed by atoms with Crippen LogP contribution in [-0.4, -0.2) is 26.7 Å². The zero-order chi connectivity index (χ0) is 11.6. The molecule has 2 aliphatic carbocycles. The van der Waals surface area contributed by atoms with E-state index in [4.69, 9.17) is 0 Å². The second kappa shape index (κ2) is 2.82. The highest BCUT2D eigenvalue weighted by Gasteiger charge is 2.60. The molecule has 2 fully saturated rings. The van der Waals surface area contributed by atoms with Crippen LogP contribution in [-0.2, 0) is 9.59 Å². The van der Waals surface area contributed by atoms with E-state index < -0.39 is 0 Å². The van der Waals surface area contributed by atoms with Crippen LogP contribution in [0.4, 0.5) is 0 Å². The van der Waals surface area contributed by atoms with Crippen LogP contribution >= 0.6 is 0 Å². The van der Waals surface area contributed by atoms with Crippen LogP contribution in [0.25, 0.3) is 0 Å². The number of hydrogen-bond acceptors (Lipinski definition) is 4. The van der Waals surface area contributed by atoms with Gasteiger partial charge in [-0.2, -0.15) is 5.01 Å². The van der Waals surface area contributed by atoms with E-state index in [1.165, 1.54) is 22.3 Å². The average Bonchev–Trinajstić information content (AvgIpc) is 3.03. The van der Waals surface area contributed by atoms with Gasteiger partial charge in [0.15, 0.2) is 0 Å². The molecule has 0 spiro atoms. The first-order valence-corrected chi connectivity index (χ1v) is 5.68. The van der Waals surface area contributed by atoms with Gasteiger partial charge in [0.25, 0.3) is 11.8 Å². The van der Waals surface area contributed by atoms with Crippen molar-refractivity contribution in [3.8, 4) is 0 Å². The fraction of sp³-hybridized carbons (Fsp3) is 0.455. The fourth-order valence-electron chi connectivity index (χ4n) is 3.41. The summed E-state index contributed by atoms with van der Waals surface area (Å²) < 4.78 is 1.38. The maximum atomic E-state index is 12.3. The third kappa shape index (κ3) is 0.956. The van der Waals surface area contributed by atoms with Gasteiger partial charge in [0.2, 0.25) is 0 Å². The lowest BCUT2D eigenvalue weighted by molar-refractivity contribution is -0.125. The molecule has 1 saturated carbocycles. The first-order valence-electron chi connectivity index (χ1n) is 5.68. The minimum absolute atomic E-state index is 0.114. The van der Waals surface area contributed by atoms with Gasteiger partial charge in [0, 0.05) is 0 Å². The van der Waals surface area contributed by atoms with E-state index in [0.717, 1.165) is 6.42 Å². The number of allylic oxidation sites excluding steroid dienone is 2. The molecule has 17 heavy (non-hydrogen) atoms. The number of fused-ring (bicyclic) bond motifs is 5. The molecule has 2 bridgehead atoms. The summed E-state index contributed by atoms with van der Waals surface area (Å²) in [4.78, 5) is 24.6. The summed E-state index contributed by atoms with van der Waals surface area (Å²) in [6, 6.07) is 0. The van der Waals surface area contributed by atoms with Crippen molar-refractivity contribution < 1.29 is 9.59 Å². The molecule has 1 aliphatic heterocycles. The van der Waals surface area contributed by atoms with E-state index >= 15 is 0 Å². The first kappa shape index (κ1) is 9.09. The highest BCUT2D eigenvalue weighted by Crippen LogP contribution is 2.51. The predicted molar refractivity (Wildman–Crippen MR) is 56.0 cm³/mol. The van der Waals surface area contributed by atoms with Crippen molar-refractivity contribution in [3.63, 3.8) is 0 Å². The molecular weight excluding hydrogens is 220 g/mol. The van der Waals surface area contributed by atoms with Crippen LogP contribution < -0.4 is 5.01 Å². The number of aromatic nitrogens is 3. The van der Waals surface area contributed by atoms with Gasteiger partial charge < -0.3 is 0 Å². The van der Waals surface area contributed by atoms with E-state index in [0.29, 0.717) is 0 Å². The number of amides is 2. The molecule has 0 N–H and O–H groups in total. The SMILES string of the molecule is O=C1[C@H]2[C@H](C(=O)N1n1cnnc1)[C@H]1C=C[C@H]2C1. The molecule has 2 amide bonds. The minimum Gasteiger partial charge on any atom is -0.272 e. The van der Waals surface area contributed by atoms with Crippen molar-refractivity contribution in [2.24, 2.45) is 23.7 Å². The summed E-state index contributed by atoms with van der Waals surface area (Å²) in [5.74, 6) is -0.0843. The van der Waals surface area contributed by atoms with Gasteiger partial charge >= 0.3 is 0 Å². The normalized spacial score (nSPS) is 38.2. The van der Waals surface area contributed by atoms with Crippen molar-refractivity contribution in [1.82, 2.24) is 14.9 Å². The Morgan fingerprint density at radius 1 is 1.00 bits per heavy atom. The second-order valence-electron chi connectivity index (χ2n) is 4.83. The Kier molecular flexibility index (Phi) is 1.51. The van der Waals surface area contributed by atoms with Crippen LogP contribution in [0.15, 0.2) is 24.8 Å². The lowest BCUT2D eigenvalue weighted by Gasteiger charge is -2.16. The number of hydrogen-bond donors (Lipinski definition) is 0. The van der Waals surface area contributed by atoms with Crippen LogP contribution in [0.1, 0.15) is 6.42 Å². The third-order valence-corrected chi connectivity index (χ3v) is 4.08. The van der Waals surface area contributed by atoms with Gasteiger partial charge in [0.1, 0.15) is 12.7 Å². The highest BCUT2D eigenvalue weighted by atomic mass is 16.2. The Bertz CT molecular complexity index is 506. The number of imide groups is 1. The summed E-state index contributed by atoms with van der Waals surface area (Å²) >= 11 is 0. The Hall–Kier alpha value is -1.98. The molecule has 6 heteroatoms. The van der Waals surface area contributed by atoms with Crippen LogP contribution in [0, 0.1) is 23.7 Å². The lowest BCUT2D eigenvalue weighted by Crippen LogP contribution is -2.41. The Balaban J connectivity index is 1.79. The second-order valence-corrected chi connectivity index (χ2v) is 4.83. The van der Waals surface area contributed by atoms with Gasteiger partial charge in [-0.3, -0.25) is 9.59 Å². The molecule has 0 radical (unpaired) electrons. The highest BCUT2D eigenvalue weighted by molar-refractivity contribution is 6.17. The third-order valence-electron chi connectivity index (χ3n) is 4.08. The van der Waals surface area contributed by atoms with Gasteiger partial charge in [-0.15, -0.1) is 10.2 Å². The lowest BCUT2D eigenvalue weighted by atomic mass is 9.85. The average molecular weight is 230 g/mol. The molecule has 4 atom stereocenters. The number of carbonyl (C=O) groups is 2. The molecule has 6 nitrogen and oxygen atoms in total.